The van der Waals surface area contributed by atoms with Crippen molar-refractivity contribution in [2.24, 2.45) is 0 Å². The maximum atomic E-state index is 13.4. The van der Waals surface area contributed by atoms with E-state index < -0.39 is 23.3 Å². The largest absolute Gasteiger partial charge is 0.462 e. The predicted molar refractivity (Wildman–Crippen MR) is 106 cm³/mol. The van der Waals surface area contributed by atoms with Gasteiger partial charge in [0.2, 0.25) is 0 Å². The molecule has 0 atom stereocenters. The van der Waals surface area contributed by atoms with Gasteiger partial charge >= 0.3 is 12.1 Å². The highest BCUT2D eigenvalue weighted by Gasteiger charge is 2.33. The number of halogens is 3. The van der Waals surface area contributed by atoms with Crippen molar-refractivity contribution in [2.75, 3.05) is 6.61 Å². The maximum absolute atomic E-state index is 13.4. The fraction of sp³-hybridized carbons (Fsp3) is 0.250. The van der Waals surface area contributed by atoms with E-state index in [1.165, 1.54) is 29.5 Å². The summed E-state index contributed by atoms with van der Waals surface area (Å²) >= 11 is 1.27. The summed E-state index contributed by atoms with van der Waals surface area (Å²) in [5.74, 6) is -1.02. The SMILES string of the molecule is CCOC(=O)/C(=C\c1ccccc1C(F)(F)F)c1nc2sc(C)c(C)c2c(=O)[nH]1. The van der Waals surface area contributed by atoms with Gasteiger partial charge in [-0.15, -0.1) is 11.3 Å². The Morgan fingerprint density at radius 3 is 2.62 bits per heavy atom. The quantitative estimate of drug-likeness (QED) is 0.488. The number of nitrogens with one attached hydrogen (secondary N) is 1. The monoisotopic (exact) mass is 422 g/mol. The Morgan fingerprint density at radius 2 is 1.97 bits per heavy atom. The van der Waals surface area contributed by atoms with Crippen LogP contribution < -0.4 is 5.56 Å². The van der Waals surface area contributed by atoms with Gasteiger partial charge in [0, 0.05) is 4.88 Å². The molecular weight excluding hydrogens is 405 g/mol. The number of alkyl halides is 3. The molecule has 0 bridgehead atoms. The molecule has 3 aromatic rings. The molecule has 0 fully saturated rings. The molecule has 0 amide bonds. The third kappa shape index (κ3) is 4.09. The molecule has 2 aromatic heterocycles. The minimum atomic E-state index is -4.61. The Morgan fingerprint density at radius 1 is 1.28 bits per heavy atom. The second-order valence-corrected chi connectivity index (χ2v) is 7.44. The number of rotatable bonds is 4. The summed E-state index contributed by atoms with van der Waals surface area (Å²) in [6, 6.07) is 4.83. The molecule has 9 heteroatoms. The number of thiophene rings is 1. The van der Waals surface area contributed by atoms with Crippen LogP contribution in [0.1, 0.15) is 34.3 Å². The molecule has 5 nitrogen and oxygen atoms in total. The molecule has 0 saturated heterocycles. The molecule has 0 aliphatic carbocycles. The van der Waals surface area contributed by atoms with Crippen molar-refractivity contribution in [1.29, 1.82) is 0 Å². The normalized spacial score (nSPS) is 12.4. The summed E-state index contributed by atoms with van der Waals surface area (Å²) in [6.07, 6.45) is -3.57. The Kier molecular flexibility index (Phi) is 5.61. The van der Waals surface area contributed by atoms with Crippen LogP contribution >= 0.6 is 11.3 Å². The van der Waals surface area contributed by atoms with E-state index in [2.05, 4.69) is 9.97 Å². The average molecular weight is 422 g/mol. The summed E-state index contributed by atoms with van der Waals surface area (Å²) in [5, 5.41) is 0.398. The third-order valence-electron chi connectivity index (χ3n) is 4.36. The maximum Gasteiger partial charge on any atom is 0.416 e. The standard InChI is InChI=1S/C20H17F3N2O3S/c1-4-28-19(27)13(9-12-7-5-6-8-14(12)20(21,22)23)16-24-17(26)15-10(2)11(3)29-18(15)25-16/h5-9H,4H2,1-3H3,(H,24,25,26)/b13-9-. The van der Waals surface area contributed by atoms with E-state index in [4.69, 9.17) is 4.74 Å². The first-order valence-corrected chi connectivity index (χ1v) is 9.50. The number of nitrogens with zero attached hydrogens (tertiary/aromatic N) is 1. The van der Waals surface area contributed by atoms with Crippen LogP contribution in [0.2, 0.25) is 0 Å². The van der Waals surface area contributed by atoms with Crippen molar-refractivity contribution >= 4 is 39.2 Å². The Balaban J connectivity index is 2.26. The van der Waals surface area contributed by atoms with Crippen LogP contribution in [0.3, 0.4) is 0 Å². The van der Waals surface area contributed by atoms with Crippen LogP contribution in [-0.2, 0) is 15.7 Å². The number of fused-ring (bicyclic) bond motifs is 1. The van der Waals surface area contributed by atoms with Crippen molar-refractivity contribution in [3.63, 3.8) is 0 Å². The van der Waals surface area contributed by atoms with Gasteiger partial charge in [0.05, 0.1) is 17.6 Å². The number of benzene rings is 1. The topological polar surface area (TPSA) is 72.0 Å². The van der Waals surface area contributed by atoms with Gasteiger partial charge in [0.1, 0.15) is 16.2 Å². The van der Waals surface area contributed by atoms with Crippen molar-refractivity contribution in [2.45, 2.75) is 26.9 Å². The van der Waals surface area contributed by atoms with Gasteiger partial charge < -0.3 is 9.72 Å². The molecule has 1 aromatic carbocycles. The van der Waals surface area contributed by atoms with Gasteiger partial charge in [-0.25, -0.2) is 9.78 Å². The van der Waals surface area contributed by atoms with Crippen LogP contribution in [0, 0.1) is 13.8 Å². The number of esters is 1. The molecule has 0 spiro atoms. The average Bonchev–Trinajstić information content (AvgIpc) is 2.93. The Bertz CT molecular complexity index is 1180. The first-order valence-electron chi connectivity index (χ1n) is 8.69. The highest BCUT2D eigenvalue weighted by atomic mass is 32.1. The zero-order valence-electron chi connectivity index (χ0n) is 15.8. The van der Waals surface area contributed by atoms with E-state index in [1.54, 1.807) is 13.8 Å². The summed E-state index contributed by atoms with van der Waals surface area (Å²) in [7, 11) is 0. The molecule has 29 heavy (non-hydrogen) atoms. The predicted octanol–water partition coefficient (Wildman–Crippen LogP) is 4.72. The van der Waals surface area contributed by atoms with E-state index in [0.717, 1.165) is 22.6 Å². The van der Waals surface area contributed by atoms with E-state index in [0.29, 0.717) is 10.2 Å². The number of hydrogen-bond donors (Lipinski definition) is 1. The third-order valence-corrected chi connectivity index (χ3v) is 5.46. The minimum absolute atomic E-state index is 0.0147. The lowest BCUT2D eigenvalue weighted by molar-refractivity contribution is -0.138. The summed E-state index contributed by atoms with van der Waals surface area (Å²) in [4.78, 5) is 33.2. The fourth-order valence-corrected chi connectivity index (χ4v) is 3.88. The van der Waals surface area contributed by atoms with Gasteiger partial charge in [-0.05, 0) is 44.0 Å². The van der Waals surface area contributed by atoms with Crippen molar-refractivity contribution in [3.8, 4) is 0 Å². The zero-order chi connectivity index (χ0) is 21.3. The first-order chi connectivity index (χ1) is 13.6. The molecule has 0 aliphatic rings. The van der Waals surface area contributed by atoms with Crippen LogP contribution in [0.5, 0.6) is 0 Å². The van der Waals surface area contributed by atoms with Gasteiger partial charge in [-0.3, -0.25) is 4.79 Å². The fourth-order valence-electron chi connectivity index (χ4n) is 2.85. The van der Waals surface area contributed by atoms with Gasteiger partial charge in [-0.2, -0.15) is 13.2 Å². The molecular formula is C20H17F3N2O3S. The van der Waals surface area contributed by atoms with Gasteiger partial charge in [0.25, 0.3) is 5.56 Å². The van der Waals surface area contributed by atoms with Crippen LogP contribution in [0.25, 0.3) is 21.9 Å². The molecule has 1 N–H and O–H groups in total. The highest BCUT2D eigenvalue weighted by molar-refractivity contribution is 7.18. The van der Waals surface area contributed by atoms with Crippen molar-refractivity contribution in [1.82, 2.24) is 9.97 Å². The van der Waals surface area contributed by atoms with Crippen molar-refractivity contribution < 1.29 is 22.7 Å². The number of carbonyl (C=O) groups excluding carboxylic acids is 1. The first kappa shape index (κ1) is 20.8. The summed E-state index contributed by atoms with van der Waals surface area (Å²) in [5.41, 5.74) is -1.09. The number of aryl methyl sites for hydroxylation is 2. The molecule has 152 valence electrons. The molecule has 3 rings (SSSR count). The molecule has 0 aliphatic heterocycles. The number of aromatic amines is 1. The minimum Gasteiger partial charge on any atom is -0.462 e. The Labute approximate surface area is 167 Å². The molecule has 0 unspecified atom stereocenters. The number of carbonyl (C=O) groups is 1. The number of ether oxygens (including phenoxy) is 1. The molecule has 2 heterocycles. The Hall–Kier alpha value is -2.94. The summed E-state index contributed by atoms with van der Waals surface area (Å²) < 4.78 is 45.0. The van der Waals surface area contributed by atoms with Crippen LogP contribution in [-0.4, -0.2) is 22.5 Å². The number of hydrogen-bond acceptors (Lipinski definition) is 5. The summed E-state index contributed by atoms with van der Waals surface area (Å²) in [6.45, 7) is 5.21. The lowest BCUT2D eigenvalue weighted by atomic mass is 10.0. The lowest BCUT2D eigenvalue weighted by Gasteiger charge is -2.12. The zero-order valence-corrected chi connectivity index (χ0v) is 16.6. The second-order valence-electron chi connectivity index (χ2n) is 6.24. The molecule has 0 saturated carbocycles. The number of aromatic nitrogens is 2. The van der Waals surface area contributed by atoms with Crippen LogP contribution in [0.15, 0.2) is 29.1 Å². The number of H-pyrrole nitrogens is 1. The highest BCUT2D eigenvalue weighted by Crippen LogP contribution is 2.34. The lowest BCUT2D eigenvalue weighted by Crippen LogP contribution is -2.16. The van der Waals surface area contributed by atoms with Gasteiger partial charge in [0.15, 0.2) is 0 Å². The van der Waals surface area contributed by atoms with E-state index in [-0.39, 0.29) is 23.6 Å². The van der Waals surface area contributed by atoms with Crippen LogP contribution in [0.4, 0.5) is 13.2 Å². The van der Waals surface area contributed by atoms with E-state index >= 15 is 0 Å². The van der Waals surface area contributed by atoms with E-state index in [1.807, 2.05) is 6.92 Å². The molecule has 0 radical (unpaired) electrons. The second kappa shape index (κ2) is 7.82. The van der Waals surface area contributed by atoms with Gasteiger partial charge in [-0.1, -0.05) is 18.2 Å². The van der Waals surface area contributed by atoms with E-state index in [9.17, 15) is 22.8 Å². The van der Waals surface area contributed by atoms with Crippen molar-refractivity contribution in [3.05, 3.63) is 62.0 Å². The smallest absolute Gasteiger partial charge is 0.416 e.